The van der Waals surface area contributed by atoms with Gasteiger partial charge >= 0.3 is 5.97 Å². The number of para-hydroxylation sites is 1. The van der Waals surface area contributed by atoms with Crippen molar-refractivity contribution in [1.29, 1.82) is 0 Å². The maximum atomic E-state index is 11.6. The summed E-state index contributed by atoms with van der Waals surface area (Å²) in [5, 5.41) is 19.1. The maximum Gasteiger partial charge on any atom is 0.328 e. The Morgan fingerprint density at radius 1 is 1.03 bits per heavy atom. The lowest BCUT2D eigenvalue weighted by Gasteiger charge is -2.15. The summed E-state index contributed by atoms with van der Waals surface area (Å²) >= 11 is 0. The number of hydrogen-bond acceptors (Lipinski definition) is 5. The molecule has 6 nitrogen and oxygen atoms in total. The highest BCUT2D eigenvalue weighted by molar-refractivity contribution is 5.97. The Morgan fingerprint density at radius 2 is 1.72 bits per heavy atom. The van der Waals surface area contributed by atoms with Crippen molar-refractivity contribution in [2.75, 3.05) is 13.2 Å². The summed E-state index contributed by atoms with van der Waals surface area (Å²) in [6, 6.07) is 10.5. The molecule has 0 saturated carbocycles. The Balaban J connectivity index is 1.94. The third-order valence-corrected chi connectivity index (χ3v) is 4.25. The third-order valence-electron chi connectivity index (χ3n) is 4.25. The maximum absolute atomic E-state index is 11.6. The van der Waals surface area contributed by atoms with E-state index in [0.717, 1.165) is 12.5 Å². The van der Waals surface area contributed by atoms with Crippen LogP contribution >= 0.6 is 0 Å². The van der Waals surface area contributed by atoms with E-state index < -0.39 is 5.97 Å². The first-order valence-corrected chi connectivity index (χ1v) is 9.55. The van der Waals surface area contributed by atoms with Gasteiger partial charge in [-0.1, -0.05) is 31.5 Å². The average molecular weight is 398 g/mol. The molecule has 0 fully saturated rings. The molecule has 29 heavy (non-hydrogen) atoms. The summed E-state index contributed by atoms with van der Waals surface area (Å²) in [6.07, 6.45) is 4.58. The zero-order valence-electron chi connectivity index (χ0n) is 16.7. The molecule has 6 heteroatoms. The van der Waals surface area contributed by atoms with Crippen molar-refractivity contribution in [3.8, 4) is 17.2 Å². The monoisotopic (exact) mass is 398 g/mol. The van der Waals surface area contributed by atoms with Crippen molar-refractivity contribution in [1.82, 2.24) is 0 Å². The van der Waals surface area contributed by atoms with E-state index in [9.17, 15) is 14.7 Å². The van der Waals surface area contributed by atoms with Crippen LogP contribution in [0.2, 0.25) is 0 Å². The molecule has 2 rings (SSSR count). The lowest BCUT2D eigenvalue weighted by molar-refractivity contribution is -0.131. The van der Waals surface area contributed by atoms with Gasteiger partial charge < -0.3 is 19.7 Å². The molecular weight excluding hydrogens is 372 g/mol. The topological polar surface area (TPSA) is 93.1 Å². The van der Waals surface area contributed by atoms with Crippen LogP contribution in [0.5, 0.6) is 17.2 Å². The van der Waals surface area contributed by atoms with Crippen molar-refractivity contribution >= 4 is 17.8 Å². The number of hydrogen-bond donors (Lipinski definition) is 2. The highest BCUT2D eigenvalue weighted by Gasteiger charge is 2.15. The standard InChI is InChI=1S/C23H26O6/c1-3-7-19-21(12-11-18(16(2)24)23(19)27)29-15-6-14-28-20-9-5-4-8-17(20)10-13-22(25)26/h4-5,8-13,27H,3,6-7,14-15H2,1-2H3,(H,25,26). The van der Waals surface area contributed by atoms with E-state index >= 15 is 0 Å². The summed E-state index contributed by atoms with van der Waals surface area (Å²) in [5.74, 6) is -0.0444. The molecule has 0 bridgehead atoms. The fraction of sp³-hybridized carbons (Fsp3) is 0.304. The Bertz CT molecular complexity index is 885. The van der Waals surface area contributed by atoms with Crippen LogP contribution < -0.4 is 9.47 Å². The van der Waals surface area contributed by atoms with Gasteiger partial charge in [0.1, 0.15) is 17.2 Å². The summed E-state index contributed by atoms with van der Waals surface area (Å²) in [6.45, 7) is 4.18. The highest BCUT2D eigenvalue weighted by Crippen LogP contribution is 2.33. The summed E-state index contributed by atoms with van der Waals surface area (Å²) < 4.78 is 11.6. The van der Waals surface area contributed by atoms with Crippen LogP contribution in [-0.2, 0) is 11.2 Å². The van der Waals surface area contributed by atoms with E-state index in [1.165, 1.54) is 13.0 Å². The first-order chi connectivity index (χ1) is 13.9. The van der Waals surface area contributed by atoms with Crippen LogP contribution in [0.3, 0.4) is 0 Å². The lowest BCUT2D eigenvalue weighted by Crippen LogP contribution is -2.07. The second-order valence-electron chi connectivity index (χ2n) is 6.50. The number of aromatic hydroxyl groups is 1. The fourth-order valence-electron chi connectivity index (χ4n) is 2.86. The van der Waals surface area contributed by atoms with Crippen LogP contribution in [0.15, 0.2) is 42.5 Å². The molecule has 0 heterocycles. The van der Waals surface area contributed by atoms with Crippen LogP contribution in [-0.4, -0.2) is 35.2 Å². The Hall–Kier alpha value is -3.28. The number of carboxylic acids is 1. The number of phenolic OH excluding ortho intramolecular Hbond substituents is 1. The average Bonchev–Trinajstić information content (AvgIpc) is 2.69. The van der Waals surface area contributed by atoms with Gasteiger partial charge in [0.2, 0.25) is 0 Å². The Kier molecular flexibility index (Phi) is 8.27. The SMILES string of the molecule is CCCc1c(OCCCOc2ccccc2C=CC(=O)O)ccc(C(C)=O)c1O. The van der Waals surface area contributed by atoms with Crippen LogP contribution in [0.25, 0.3) is 6.08 Å². The van der Waals surface area contributed by atoms with E-state index in [2.05, 4.69) is 0 Å². The molecule has 0 aliphatic carbocycles. The van der Waals surface area contributed by atoms with Gasteiger partial charge in [0.25, 0.3) is 0 Å². The summed E-state index contributed by atoms with van der Waals surface area (Å²) in [4.78, 5) is 22.3. The molecule has 0 atom stereocenters. The van der Waals surface area contributed by atoms with E-state index in [4.69, 9.17) is 14.6 Å². The molecule has 0 unspecified atom stereocenters. The van der Waals surface area contributed by atoms with Crippen LogP contribution in [0.1, 0.15) is 48.2 Å². The molecule has 0 aliphatic heterocycles. The number of carbonyl (C=O) groups is 2. The number of carboxylic acid groups (broad SMARTS) is 1. The molecule has 154 valence electrons. The second kappa shape index (κ2) is 10.9. The van der Waals surface area contributed by atoms with Gasteiger partial charge in [-0.2, -0.15) is 0 Å². The molecule has 0 aromatic heterocycles. The first kappa shape index (κ1) is 22.0. The van der Waals surface area contributed by atoms with Crippen LogP contribution in [0.4, 0.5) is 0 Å². The number of aliphatic carboxylic acids is 1. The molecule has 2 aromatic rings. The summed E-state index contributed by atoms with van der Waals surface area (Å²) in [7, 11) is 0. The quantitative estimate of drug-likeness (QED) is 0.329. The number of ketones is 1. The van der Waals surface area contributed by atoms with E-state index in [-0.39, 0.29) is 11.5 Å². The normalized spacial score (nSPS) is 10.8. The predicted molar refractivity (Wildman–Crippen MR) is 111 cm³/mol. The molecule has 2 aromatic carbocycles. The highest BCUT2D eigenvalue weighted by atomic mass is 16.5. The number of phenols is 1. The second-order valence-corrected chi connectivity index (χ2v) is 6.50. The minimum Gasteiger partial charge on any atom is -0.507 e. The molecule has 0 radical (unpaired) electrons. The molecule has 0 aliphatic rings. The Labute approximate surface area is 170 Å². The van der Waals surface area contributed by atoms with Gasteiger partial charge in [0.15, 0.2) is 5.78 Å². The zero-order valence-corrected chi connectivity index (χ0v) is 16.7. The molecule has 0 saturated heterocycles. The largest absolute Gasteiger partial charge is 0.507 e. The fourth-order valence-corrected chi connectivity index (χ4v) is 2.86. The predicted octanol–water partition coefficient (Wildman–Crippen LogP) is 4.49. The van der Waals surface area contributed by atoms with Crippen LogP contribution in [0, 0.1) is 0 Å². The van der Waals surface area contributed by atoms with Gasteiger partial charge in [0, 0.05) is 23.6 Å². The number of rotatable bonds is 11. The minimum atomic E-state index is -1.02. The van der Waals surface area contributed by atoms with Crippen molar-refractivity contribution in [2.45, 2.75) is 33.1 Å². The van der Waals surface area contributed by atoms with Gasteiger partial charge in [-0.3, -0.25) is 4.79 Å². The van der Waals surface area contributed by atoms with Crippen molar-refractivity contribution < 1.29 is 29.3 Å². The van der Waals surface area contributed by atoms with Gasteiger partial charge in [-0.05, 0) is 37.6 Å². The number of Topliss-reactive ketones (excluding diaryl/α,β-unsaturated/α-hetero) is 1. The van der Waals surface area contributed by atoms with E-state index in [0.29, 0.717) is 54.2 Å². The van der Waals surface area contributed by atoms with Crippen molar-refractivity contribution in [2.24, 2.45) is 0 Å². The smallest absolute Gasteiger partial charge is 0.328 e. The zero-order chi connectivity index (χ0) is 21.2. The van der Waals surface area contributed by atoms with Gasteiger partial charge in [0.05, 0.1) is 18.8 Å². The number of carbonyl (C=O) groups excluding carboxylic acids is 1. The summed E-state index contributed by atoms with van der Waals surface area (Å²) in [5.41, 5.74) is 1.63. The number of benzene rings is 2. The lowest BCUT2D eigenvalue weighted by atomic mass is 10.0. The van der Waals surface area contributed by atoms with E-state index in [1.807, 2.05) is 19.1 Å². The van der Waals surface area contributed by atoms with Gasteiger partial charge in [-0.25, -0.2) is 4.79 Å². The van der Waals surface area contributed by atoms with E-state index in [1.54, 1.807) is 24.3 Å². The number of ether oxygens (including phenoxy) is 2. The first-order valence-electron chi connectivity index (χ1n) is 9.55. The Morgan fingerprint density at radius 3 is 2.38 bits per heavy atom. The minimum absolute atomic E-state index is 0.00718. The van der Waals surface area contributed by atoms with Crippen molar-refractivity contribution in [3.05, 3.63) is 59.2 Å². The van der Waals surface area contributed by atoms with Gasteiger partial charge in [-0.15, -0.1) is 0 Å². The molecule has 0 spiro atoms. The van der Waals surface area contributed by atoms with Crippen molar-refractivity contribution in [3.63, 3.8) is 0 Å². The molecular formula is C23H26O6. The molecule has 0 amide bonds. The molecule has 2 N–H and O–H groups in total. The third kappa shape index (κ3) is 6.38.